The number of hydrogen-bond donors (Lipinski definition) is 2. The highest BCUT2D eigenvalue weighted by molar-refractivity contribution is 7.90. The largest absolute Gasteiger partial charge is 0.305 e. The summed E-state index contributed by atoms with van der Waals surface area (Å²) in [5.74, 6) is 5.12. The van der Waals surface area contributed by atoms with Gasteiger partial charge in [0.15, 0.2) is 15.0 Å². The third-order valence-electron chi connectivity index (χ3n) is 5.29. The summed E-state index contributed by atoms with van der Waals surface area (Å²) >= 11 is 1.35. The van der Waals surface area contributed by atoms with E-state index >= 15 is 0 Å². The smallest absolute Gasteiger partial charge is 0.233 e. The average molecular weight is 463 g/mol. The highest BCUT2D eigenvalue weighted by atomic mass is 32.2. The Hall–Kier alpha value is -2.66. The minimum absolute atomic E-state index is 0.0581. The number of rotatable bonds is 7. The summed E-state index contributed by atoms with van der Waals surface area (Å²) in [6.07, 6.45) is 7.93. The Labute approximate surface area is 185 Å². The molecule has 1 aliphatic rings. The molecule has 31 heavy (non-hydrogen) atoms. The zero-order valence-corrected chi connectivity index (χ0v) is 19.1. The van der Waals surface area contributed by atoms with Crippen LogP contribution in [0.4, 0.5) is 10.8 Å². The topological polar surface area (TPSA) is 139 Å². The summed E-state index contributed by atoms with van der Waals surface area (Å²) in [7, 11) is -3.54. The highest BCUT2D eigenvalue weighted by Gasteiger charge is 2.28. The van der Waals surface area contributed by atoms with Crippen LogP contribution in [-0.4, -0.2) is 31.4 Å². The van der Waals surface area contributed by atoms with Crippen molar-refractivity contribution in [1.29, 1.82) is 0 Å². The second-order valence-corrected chi connectivity index (χ2v) is 10.5. The van der Waals surface area contributed by atoms with Gasteiger partial charge in [0.2, 0.25) is 5.91 Å². The number of amidine groups is 1. The zero-order valence-electron chi connectivity index (χ0n) is 17.5. The molecular weight excluding hydrogens is 436 g/mol. The number of anilines is 1. The lowest BCUT2D eigenvalue weighted by Crippen LogP contribution is -2.23. The summed E-state index contributed by atoms with van der Waals surface area (Å²) in [6, 6.07) is 4.83. The molecule has 1 saturated carbocycles. The monoisotopic (exact) mass is 462 g/mol. The number of carbonyl (C=O) groups excluding carboxylic acids is 1. The van der Waals surface area contributed by atoms with Crippen molar-refractivity contribution in [2.75, 3.05) is 11.6 Å². The van der Waals surface area contributed by atoms with Crippen molar-refractivity contribution in [2.24, 2.45) is 27.1 Å². The van der Waals surface area contributed by atoms with E-state index in [9.17, 15) is 13.2 Å². The molecule has 1 unspecified atom stereocenters. The molecule has 1 fully saturated rings. The Morgan fingerprint density at radius 2 is 2.10 bits per heavy atom. The number of aliphatic imine (C=N–C) groups is 1. The van der Waals surface area contributed by atoms with Crippen molar-refractivity contribution in [1.82, 2.24) is 4.98 Å². The lowest BCUT2D eigenvalue weighted by Gasteiger charge is -2.21. The van der Waals surface area contributed by atoms with Gasteiger partial charge in [-0.25, -0.2) is 18.4 Å². The third-order valence-corrected chi connectivity index (χ3v) is 7.12. The van der Waals surface area contributed by atoms with Gasteiger partial charge >= 0.3 is 0 Å². The first-order chi connectivity index (χ1) is 14.8. The van der Waals surface area contributed by atoms with E-state index in [2.05, 4.69) is 25.6 Å². The molecule has 1 aromatic heterocycles. The van der Waals surface area contributed by atoms with E-state index in [0.29, 0.717) is 23.0 Å². The molecule has 2 aromatic rings. The van der Waals surface area contributed by atoms with E-state index in [-0.39, 0.29) is 22.3 Å². The number of sulfone groups is 1. The van der Waals surface area contributed by atoms with Gasteiger partial charge in [0, 0.05) is 17.8 Å². The van der Waals surface area contributed by atoms with Crippen LogP contribution >= 0.6 is 11.3 Å². The number of nitrogens with zero attached hydrogens (tertiary/aromatic N) is 4. The maximum atomic E-state index is 13.2. The predicted octanol–water partition coefficient (Wildman–Crippen LogP) is 4.23. The third kappa shape index (κ3) is 6.17. The van der Waals surface area contributed by atoms with Gasteiger partial charge in [-0.05, 0) is 37.0 Å². The Balaban J connectivity index is 2.02. The maximum absolute atomic E-state index is 13.2. The van der Waals surface area contributed by atoms with Gasteiger partial charge in [0.05, 0.1) is 16.5 Å². The number of aromatic nitrogens is 1. The van der Waals surface area contributed by atoms with Crippen LogP contribution in [0.25, 0.3) is 0 Å². The van der Waals surface area contributed by atoms with Crippen LogP contribution in [0, 0.1) is 5.92 Å². The average Bonchev–Trinajstić information content (AvgIpc) is 3.39. The molecule has 3 rings (SSSR count). The first kappa shape index (κ1) is 23.0. The summed E-state index contributed by atoms with van der Waals surface area (Å²) < 4.78 is 24.5. The normalized spacial score (nSPS) is 16.6. The number of nitrogens with one attached hydrogen (secondary N) is 1. The minimum atomic E-state index is -3.54. The molecule has 1 amide bonds. The van der Waals surface area contributed by atoms with Gasteiger partial charge in [0.1, 0.15) is 5.84 Å². The van der Waals surface area contributed by atoms with Crippen molar-refractivity contribution in [3.8, 4) is 0 Å². The minimum Gasteiger partial charge on any atom is -0.305 e. The van der Waals surface area contributed by atoms with Crippen LogP contribution in [-0.2, 0) is 14.6 Å². The Morgan fingerprint density at radius 1 is 1.35 bits per heavy atom. The molecule has 0 radical (unpaired) electrons. The fourth-order valence-corrected chi connectivity index (χ4v) is 5.22. The first-order valence-electron chi connectivity index (χ1n) is 9.98. The molecule has 1 aliphatic carbocycles. The van der Waals surface area contributed by atoms with Crippen molar-refractivity contribution in [2.45, 2.75) is 49.8 Å². The zero-order chi connectivity index (χ0) is 22.4. The van der Waals surface area contributed by atoms with Gasteiger partial charge in [-0.1, -0.05) is 37.0 Å². The number of nitrogens with two attached hydrogens (primary N) is 1. The van der Waals surface area contributed by atoms with E-state index in [1.54, 1.807) is 30.6 Å². The van der Waals surface area contributed by atoms with Crippen molar-refractivity contribution in [3.05, 3.63) is 35.3 Å². The van der Waals surface area contributed by atoms with Crippen LogP contribution in [0.2, 0.25) is 0 Å². The molecule has 0 bridgehead atoms. The Bertz CT molecular complexity index is 1070. The van der Waals surface area contributed by atoms with Gasteiger partial charge in [0.25, 0.3) is 0 Å². The van der Waals surface area contributed by atoms with Gasteiger partial charge in [-0.15, -0.1) is 16.5 Å². The number of amides is 1. The first-order valence-corrected chi connectivity index (χ1v) is 12.8. The molecule has 11 heteroatoms. The highest BCUT2D eigenvalue weighted by Crippen LogP contribution is 2.37. The molecule has 0 aliphatic heterocycles. The molecular formula is C20H26N6O3S2. The number of benzene rings is 1. The predicted molar refractivity (Wildman–Crippen MR) is 121 cm³/mol. The van der Waals surface area contributed by atoms with Gasteiger partial charge in [-0.3, -0.25) is 4.79 Å². The van der Waals surface area contributed by atoms with E-state index in [1.807, 2.05) is 0 Å². The van der Waals surface area contributed by atoms with E-state index in [1.165, 1.54) is 17.4 Å². The van der Waals surface area contributed by atoms with Crippen LogP contribution in [0.15, 0.2) is 50.0 Å². The quantitative estimate of drug-likeness (QED) is 0.208. The fraction of sp³-hybridized carbons (Fsp3) is 0.450. The molecule has 3 N–H and O–H groups in total. The summed E-state index contributed by atoms with van der Waals surface area (Å²) in [5, 5.41) is 12.1. The molecule has 166 valence electrons. The second kappa shape index (κ2) is 10.1. The second-order valence-electron chi connectivity index (χ2n) is 7.64. The fourth-order valence-electron chi connectivity index (χ4n) is 3.88. The van der Waals surface area contributed by atoms with Crippen LogP contribution in [0.1, 0.15) is 50.5 Å². The van der Waals surface area contributed by atoms with Crippen molar-refractivity contribution < 1.29 is 13.2 Å². The number of hydrogen-bond acceptors (Lipinski definition) is 7. The summed E-state index contributed by atoms with van der Waals surface area (Å²) in [5.41, 5.74) is 0.910. The number of thiazole rings is 1. The maximum Gasteiger partial charge on any atom is 0.233 e. The van der Waals surface area contributed by atoms with E-state index < -0.39 is 15.8 Å². The molecule has 1 atom stereocenters. The van der Waals surface area contributed by atoms with Crippen LogP contribution < -0.4 is 11.2 Å². The Kier molecular flexibility index (Phi) is 7.50. The SMILES string of the molecule is CC(N=NN)=Nc1cc(C(CC2CCCC2)C(=O)Nc2nccs2)ccc1S(C)(=O)=O. The van der Waals surface area contributed by atoms with Crippen LogP contribution in [0.5, 0.6) is 0 Å². The molecule has 1 heterocycles. The Morgan fingerprint density at radius 3 is 2.71 bits per heavy atom. The molecule has 1 aromatic carbocycles. The van der Waals surface area contributed by atoms with E-state index in [0.717, 1.165) is 31.9 Å². The molecule has 0 spiro atoms. The number of carbonyl (C=O) groups is 1. The molecule has 0 saturated heterocycles. The van der Waals surface area contributed by atoms with Gasteiger partial charge in [-0.2, -0.15) is 0 Å². The van der Waals surface area contributed by atoms with Crippen molar-refractivity contribution in [3.63, 3.8) is 0 Å². The standard InChI is InChI=1S/C20H26N6O3S2/c1-13(25-26-21)23-17-12-15(7-8-18(17)31(2,28)29)16(11-14-5-3-4-6-14)19(27)24-20-22-9-10-30-20/h7-10,12,14,16H,3-6,11H2,1-2H3,(H2,21,23,25)(H,22,24,27). The van der Waals surface area contributed by atoms with Crippen LogP contribution in [0.3, 0.4) is 0 Å². The van der Waals surface area contributed by atoms with Crippen molar-refractivity contribution >= 4 is 43.7 Å². The lowest BCUT2D eigenvalue weighted by molar-refractivity contribution is -0.118. The molecule has 9 nitrogen and oxygen atoms in total. The lowest BCUT2D eigenvalue weighted by atomic mass is 9.87. The summed E-state index contributed by atoms with van der Waals surface area (Å²) in [6.45, 7) is 1.57. The summed E-state index contributed by atoms with van der Waals surface area (Å²) in [4.78, 5) is 21.6. The van der Waals surface area contributed by atoms with E-state index in [4.69, 9.17) is 5.84 Å². The van der Waals surface area contributed by atoms with Gasteiger partial charge < -0.3 is 11.2 Å².